The first-order chi connectivity index (χ1) is 8.27. The third kappa shape index (κ3) is 5.35. The monoisotopic (exact) mass is 305 g/mol. The van der Waals surface area contributed by atoms with E-state index in [4.69, 9.17) is 0 Å². The highest BCUT2D eigenvalue weighted by Crippen LogP contribution is 2.14. The second kappa shape index (κ2) is 9.13. The Morgan fingerprint density at radius 1 is 1.53 bits per heavy atom. The highest BCUT2D eigenvalue weighted by Gasteiger charge is 2.23. The normalized spacial score (nSPS) is 17.8. The zero-order valence-corrected chi connectivity index (χ0v) is 12.7. The largest absolute Gasteiger partial charge is 0.341 e. The number of rotatable bonds is 3. The number of carbonyl (C=O) groups excluding carboxylic acids is 1. The molecule has 1 fully saturated rings. The first kappa shape index (κ1) is 18.2. The summed E-state index contributed by atoms with van der Waals surface area (Å²) in [6, 6.07) is 3.89. The molecule has 0 aromatic carbocycles. The minimum absolute atomic E-state index is 0. The van der Waals surface area contributed by atoms with Crippen molar-refractivity contribution >= 4 is 30.7 Å². The van der Waals surface area contributed by atoms with Gasteiger partial charge in [0.15, 0.2) is 0 Å². The van der Waals surface area contributed by atoms with Gasteiger partial charge in [0.05, 0.1) is 5.92 Å². The fourth-order valence-electron chi connectivity index (χ4n) is 2.22. The fraction of sp³-hybridized carbons (Fsp3) is 0.538. The Balaban J connectivity index is 0.00000162. The maximum Gasteiger partial charge on any atom is 0.227 e. The minimum Gasteiger partial charge on any atom is -0.341 e. The lowest BCUT2D eigenvalue weighted by Gasteiger charge is -2.27. The summed E-state index contributed by atoms with van der Waals surface area (Å²) in [4.78, 5) is 18.0. The van der Waals surface area contributed by atoms with Crippen LogP contribution < -0.4 is 5.32 Å². The molecule has 1 aliphatic rings. The Bertz CT molecular complexity index is 369. The number of halogens is 2. The van der Waals surface area contributed by atoms with Crippen molar-refractivity contribution in [3.8, 4) is 0 Å². The molecule has 0 radical (unpaired) electrons. The Morgan fingerprint density at radius 2 is 2.32 bits per heavy atom. The molecule has 0 aliphatic carbocycles. The number of amides is 1. The van der Waals surface area contributed by atoms with Crippen LogP contribution in [0.2, 0.25) is 0 Å². The minimum atomic E-state index is 0. The van der Waals surface area contributed by atoms with Crippen LogP contribution in [0.4, 0.5) is 0 Å². The van der Waals surface area contributed by atoms with E-state index in [-0.39, 0.29) is 36.6 Å². The molecule has 1 aromatic heterocycles. The number of nitrogens with zero attached hydrogens (tertiary/aromatic N) is 2. The van der Waals surface area contributed by atoms with E-state index in [2.05, 4.69) is 10.3 Å². The Hall–Kier alpha value is -0.840. The lowest BCUT2D eigenvalue weighted by atomic mass is 9.98. The molecule has 1 atom stereocenters. The molecule has 1 saturated heterocycles. The summed E-state index contributed by atoms with van der Waals surface area (Å²) in [6.07, 6.45) is 5.65. The SMILES string of the molecule is CN(Cc1cccnc1)C(=O)C1CCCNC1.Cl.Cl. The molecule has 19 heavy (non-hydrogen) atoms. The van der Waals surface area contributed by atoms with Gasteiger partial charge in [0.1, 0.15) is 0 Å². The van der Waals surface area contributed by atoms with Gasteiger partial charge in [0, 0.05) is 32.5 Å². The highest BCUT2D eigenvalue weighted by molar-refractivity contribution is 5.85. The third-order valence-electron chi connectivity index (χ3n) is 3.16. The molecule has 1 aromatic rings. The quantitative estimate of drug-likeness (QED) is 0.927. The van der Waals surface area contributed by atoms with Gasteiger partial charge >= 0.3 is 0 Å². The molecule has 108 valence electrons. The van der Waals surface area contributed by atoms with E-state index >= 15 is 0 Å². The van der Waals surface area contributed by atoms with E-state index in [1.807, 2.05) is 25.4 Å². The molecule has 0 saturated carbocycles. The number of carbonyl (C=O) groups is 1. The van der Waals surface area contributed by atoms with Crippen LogP contribution in [0.25, 0.3) is 0 Å². The Labute approximate surface area is 126 Å². The molecule has 0 spiro atoms. The summed E-state index contributed by atoms with van der Waals surface area (Å²) in [5.41, 5.74) is 1.08. The van der Waals surface area contributed by atoms with E-state index in [0.717, 1.165) is 31.5 Å². The second-order valence-electron chi connectivity index (χ2n) is 4.60. The zero-order valence-electron chi connectivity index (χ0n) is 11.0. The number of hydrogen-bond acceptors (Lipinski definition) is 3. The van der Waals surface area contributed by atoms with Crippen LogP contribution in [0.15, 0.2) is 24.5 Å². The molecule has 1 amide bonds. The lowest BCUT2D eigenvalue weighted by molar-refractivity contribution is -0.135. The first-order valence-electron chi connectivity index (χ1n) is 6.12. The molecule has 0 bridgehead atoms. The molecular weight excluding hydrogens is 285 g/mol. The summed E-state index contributed by atoms with van der Waals surface area (Å²) in [5, 5.41) is 3.27. The fourth-order valence-corrected chi connectivity index (χ4v) is 2.22. The average molecular weight is 306 g/mol. The van der Waals surface area contributed by atoms with Crippen LogP contribution in [0.1, 0.15) is 18.4 Å². The van der Waals surface area contributed by atoms with Gasteiger partial charge in [-0.2, -0.15) is 0 Å². The standard InChI is InChI=1S/C13H19N3O.2ClH/c1-16(10-11-4-2-6-14-8-11)13(17)12-5-3-7-15-9-12;;/h2,4,6,8,12,15H,3,5,7,9-10H2,1H3;2*1H. The van der Waals surface area contributed by atoms with Crippen LogP contribution in [-0.2, 0) is 11.3 Å². The molecule has 4 nitrogen and oxygen atoms in total. The number of pyridine rings is 1. The third-order valence-corrected chi connectivity index (χ3v) is 3.16. The molecule has 6 heteroatoms. The van der Waals surface area contributed by atoms with E-state index in [9.17, 15) is 4.79 Å². The summed E-state index contributed by atoms with van der Waals surface area (Å²) >= 11 is 0. The van der Waals surface area contributed by atoms with Gasteiger partial charge in [0.2, 0.25) is 5.91 Å². The number of nitrogens with one attached hydrogen (secondary N) is 1. The molecular formula is C13H21Cl2N3O. The molecule has 1 aliphatic heterocycles. The van der Waals surface area contributed by atoms with Crippen molar-refractivity contribution in [1.82, 2.24) is 15.2 Å². The van der Waals surface area contributed by atoms with Crippen LogP contribution in [0.3, 0.4) is 0 Å². The van der Waals surface area contributed by atoms with Crippen molar-refractivity contribution in [2.45, 2.75) is 19.4 Å². The maximum absolute atomic E-state index is 12.2. The summed E-state index contributed by atoms with van der Waals surface area (Å²) in [5.74, 6) is 0.381. The van der Waals surface area contributed by atoms with Crippen LogP contribution in [-0.4, -0.2) is 35.9 Å². The van der Waals surface area contributed by atoms with Crippen molar-refractivity contribution in [1.29, 1.82) is 0 Å². The van der Waals surface area contributed by atoms with E-state index < -0.39 is 0 Å². The van der Waals surface area contributed by atoms with Gasteiger partial charge in [-0.3, -0.25) is 9.78 Å². The van der Waals surface area contributed by atoms with Gasteiger partial charge in [0.25, 0.3) is 0 Å². The van der Waals surface area contributed by atoms with E-state index in [1.54, 1.807) is 11.1 Å². The van der Waals surface area contributed by atoms with Crippen LogP contribution >= 0.6 is 24.8 Å². The second-order valence-corrected chi connectivity index (χ2v) is 4.60. The lowest BCUT2D eigenvalue weighted by Crippen LogP contribution is -2.41. The van der Waals surface area contributed by atoms with Crippen molar-refractivity contribution in [2.75, 3.05) is 20.1 Å². The summed E-state index contributed by atoms with van der Waals surface area (Å²) in [7, 11) is 1.87. The molecule has 1 unspecified atom stereocenters. The van der Waals surface area contributed by atoms with E-state index in [1.165, 1.54) is 0 Å². The smallest absolute Gasteiger partial charge is 0.227 e. The van der Waals surface area contributed by atoms with Gasteiger partial charge in [-0.25, -0.2) is 0 Å². The van der Waals surface area contributed by atoms with Crippen molar-refractivity contribution < 1.29 is 4.79 Å². The Kier molecular flexibility index (Phi) is 8.72. The van der Waals surface area contributed by atoms with Crippen LogP contribution in [0.5, 0.6) is 0 Å². The molecule has 1 N–H and O–H groups in total. The van der Waals surface area contributed by atoms with E-state index in [0.29, 0.717) is 6.54 Å². The van der Waals surface area contributed by atoms with Gasteiger partial charge in [-0.1, -0.05) is 6.07 Å². The first-order valence-corrected chi connectivity index (χ1v) is 6.12. The molecule has 2 heterocycles. The number of aromatic nitrogens is 1. The van der Waals surface area contributed by atoms with Crippen molar-refractivity contribution in [3.63, 3.8) is 0 Å². The number of hydrogen-bond donors (Lipinski definition) is 1. The average Bonchev–Trinajstić information content (AvgIpc) is 2.40. The number of piperidine rings is 1. The summed E-state index contributed by atoms with van der Waals surface area (Å²) < 4.78 is 0. The topological polar surface area (TPSA) is 45.2 Å². The van der Waals surface area contributed by atoms with Crippen LogP contribution in [0, 0.1) is 5.92 Å². The Morgan fingerprint density at radius 3 is 2.89 bits per heavy atom. The summed E-state index contributed by atoms with van der Waals surface area (Å²) in [6.45, 7) is 2.50. The molecule has 2 rings (SSSR count). The zero-order chi connectivity index (χ0) is 12.1. The van der Waals surface area contributed by atoms with Gasteiger partial charge in [-0.15, -0.1) is 24.8 Å². The predicted molar refractivity (Wildman–Crippen MR) is 80.8 cm³/mol. The predicted octanol–water partition coefficient (Wildman–Crippen LogP) is 1.88. The highest BCUT2D eigenvalue weighted by atomic mass is 35.5. The van der Waals surface area contributed by atoms with Crippen molar-refractivity contribution in [2.24, 2.45) is 5.92 Å². The van der Waals surface area contributed by atoms with Gasteiger partial charge in [-0.05, 0) is 31.0 Å². The maximum atomic E-state index is 12.2. The van der Waals surface area contributed by atoms with Gasteiger partial charge < -0.3 is 10.2 Å². The van der Waals surface area contributed by atoms with Crippen molar-refractivity contribution in [3.05, 3.63) is 30.1 Å².